The summed E-state index contributed by atoms with van der Waals surface area (Å²) < 4.78 is 5.96. The van der Waals surface area contributed by atoms with E-state index in [9.17, 15) is 9.59 Å². The summed E-state index contributed by atoms with van der Waals surface area (Å²) in [6.07, 6.45) is 1.27. The molecule has 0 unspecified atom stereocenters. The molecule has 0 radical (unpaired) electrons. The zero-order valence-electron chi connectivity index (χ0n) is 8.41. The van der Waals surface area contributed by atoms with Crippen LogP contribution in [0.1, 0.15) is 5.56 Å². The average Bonchev–Trinajstić information content (AvgIpc) is 2.57. The summed E-state index contributed by atoms with van der Waals surface area (Å²) in [5.74, 6) is -0.247. The number of nitrogens with one attached hydrogen (secondary N) is 1. The van der Waals surface area contributed by atoms with Crippen molar-refractivity contribution in [2.45, 2.75) is 0 Å². The Labute approximate surface area is 100 Å². The van der Waals surface area contributed by atoms with Crippen LogP contribution in [0.25, 0.3) is 5.57 Å². The third-order valence-electron chi connectivity index (χ3n) is 2.21. The van der Waals surface area contributed by atoms with Crippen molar-refractivity contribution >= 4 is 33.3 Å². The molecule has 1 aliphatic heterocycles. The third-order valence-corrected chi connectivity index (χ3v) is 2.70. The van der Waals surface area contributed by atoms with Crippen LogP contribution < -0.4 is 10.1 Å². The summed E-state index contributed by atoms with van der Waals surface area (Å²) in [6, 6.07) is 5.27. The standard InChI is InChI=1S/C11H8BrNO3/c1-16-9-3-2-6(12)4-7(9)8-5-10(14)13-11(8)15/h2-5H,1H3,(H,13,14,15). The fourth-order valence-corrected chi connectivity index (χ4v) is 1.86. The molecule has 0 aliphatic carbocycles. The Balaban J connectivity index is 2.55. The number of methoxy groups -OCH3 is 1. The average molecular weight is 282 g/mol. The number of imide groups is 1. The summed E-state index contributed by atoms with van der Waals surface area (Å²) >= 11 is 3.31. The largest absolute Gasteiger partial charge is 0.496 e. The van der Waals surface area contributed by atoms with Gasteiger partial charge in [0.25, 0.3) is 11.8 Å². The summed E-state index contributed by atoms with van der Waals surface area (Å²) in [5.41, 5.74) is 0.920. The maximum absolute atomic E-state index is 11.5. The molecular formula is C11H8BrNO3. The highest BCUT2D eigenvalue weighted by Gasteiger charge is 2.24. The first-order chi connectivity index (χ1) is 7.61. The van der Waals surface area contributed by atoms with E-state index in [2.05, 4.69) is 21.2 Å². The second-order valence-electron chi connectivity index (χ2n) is 3.22. The molecule has 1 aromatic rings. The van der Waals surface area contributed by atoms with Crippen molar-refractivity contribution < 1.29 is 14.3 Å². The Kier molecular flexibility index (Phi) is 2.78. The van der Waals surface area contributed by atoms with Gasteiger partial charge in [0.1, 0.15) is 5.75 Å². The lowest BCUT2D eigenvalue weighted by Crippen LogP contribution is -2.21. The van der Waals surface area contributed by atoms with Gasteiger partial charge in [0.15, 0.2) is 0 Å². The van der Waals surface area contributed by atoms with E-state index in [-0.39, 0.29) is 0 Å². The minimum Gasteiger partial charge on any atom is -0.496 e. The van der Waals surface area contributed by atoms with Gasteiger partial charge in [-0.25, -0.2) is 0 Å². The molecule has 2 rings (SSSR count). The first-order valence-corrected chi connectivity index (χ1v) is 5.32. The Hall–Kier alpha value is -1.62. The van der Waals surface area contributed by atoms with E-state index in [1.54, 1.807) is 18.2 Å². The molecule has 2 amide bonds. The van der Waals surface area contributed by atoms with Gasteiger partial charge in [0.05, 0.1) is 12.7 Å². The monoisotopic (exact) mass is 281 g/mol. The van der Waals surface area contributed by atoms with Crippen molar-refractivity contribution in [3.05, 3.63) is 34.3 Å². The molecule has 0 spiro atoms. The van der Waals surface area contributed by atoms with E-state index >= 15 is 0 Å². The first-order valence-electron chi connectivity index (χ1n) is 4.52. The normalized spacial score (nSPS) is 14.8. The Morgan fingerprint density at radius 2 is 2.06 bits per heavy atom. The van der Waals surface area contributed by atoms with Gasteiger partial charge in [-0.15, -0.1) is 0 Å². The molecule has 0 atom stereocenters. The Morgan fingerprint density at radius 1 is 1.31 bits per heavy atom. The van der Waals surface area contributed by atoms with Gasteiger partial charge >= 0.3 is 0 Å². The van der Waals surface area contributed by atoms with Crippen LogP contribution in [0.5, 0.6) is 5.75 Å². The minimum atomic E-state index is -0.401. The first kappa shape index (κ1) is 10.9. The predicted octanol–water partition coefficient (Wildman–Crippen LogP) is 1.50. The zero-order chi connectivity index (χ0) is 11.7. The van der Waals surface area contributed by atoms with Crippen LogP contribution in [0, 0.1) is 0 Å². The van der Waals surface area contributed by atoms with Crippen LogP contribution in [-0.2, 0) is 9.59 Å². The molecule has 0 aromatic heterocycles. The van der Waals surface area contributed by atoms with Crippen molar-refractivity contribution in [1.29, 1.82) is 0 Å². The van der Waals surface area contributed by atoms with Crippen LogP contribution in [0.3, 0.4) is 0 Å². The zero-order valence-corrected chi connectivity index (χ0v) is 10.00. The summed E-state index contributed by atoms with van der Waals surface area (Å²) in [7, 11) is 1.52. The molecule has 1 N–H and O–H groups in total. The van der Waals surface area contributed by atoms with E-state index in [1.807, 2.05) is 0 Å². The number of amides is 2. The van der Waals surface area contributed by atoms with E-state index < -0.39 is 11.8 Å². The molecule has 1 aromatic carbocycles. The van der Waals surface area contributed by atoms with Gasteiger partial charge in [-0.05, 0) is 18.2 Å². The summed E-state index contributed by atoms with van der Waals surface area (Å²) in [6.45, 7) is 0. The molecule has 5 heteroatoms. The molecule has 0 bridgehead atoms. The van der Waals surface area contributed by atoms with Crippen molar-refractivity contribution in [2.24, 2.45) is 0 Å². The van der Waals surface area contributed by atoms with Crippen LogP contribution in [0.15, 0.2) is 28.7 Å². The smallest absolute Gasteiger partial charge is 0.259 e. The van der Waals surface area contributed by atoms with Gasteiger partial charge in [-0.2, -0.15) is 0 Å². The molecule has 82 valence electrons. The van der Waals surface area contributed by atoms with Gasteiger partial charge in [-0.1, -0.05) is 15.9 Å². The van der Waals surface area contributed by atoms with E-state index in [0.29, 0.717) is 16.9 Å². The van der Waals surface area contributed by atoms with Gasteiger partial charge in [-0.3, -0.25) is 14.9 Å². The van der Waals surface area contributed by atoms with E-state index in [1.165, 1.54) is 13.2 Å². The lowest BCUT2D eigenvalue weighted by atomic mass is 10.1. The highest BCUT2D eigenvalue weighted by molar-refractivity contribution is 9.10. The summed E-state index contributed by atoms with van der Waals surface area (Å²) in [4.78, 5) is 22.6. The predicted molar refractivity (Wildman–Crippen MR) is 61.8 cm³/mol. The maximum atomic E-state index is 11.5. The topological polar surface area (TPSA) is 55.4 Å². The molecule has 0 saturated carbocycles. The molecule has 4 nitrogen and oxygen atoms in total. The molecule has 1 heterocycles. The minimum absolute atomic E-state index is 0.322. The van der Waals surface area contributed by atoms with Gasteiger partial charge < -0.3 is 4.74 Å². The van der Waals surface area contributed by atoms with Crippen molar-refractivity contribution in [2.75, 3.05) is 7.11 Å². The molecule has 0 saturated heterocycles. The Bertz CT molecular complexity index is 508. The fourth-order valence-electron chi connectivity index (χ4n) is 1.50. The van der Waals surface area contributed by atoms with Gasteiger partial charge in [0.2, 0.25) is 0 Å². The fraction of sp³-hybridized carbons (Fsp3) is 0.0909. The van der Waals surface area contributed by atoms with Crippen molar-refractivity contribution in [1.82, 2.24) is 5.32 Å². The second kappa shape index (κ2) is 4.09. The highest BCUT2D eigenvalue weighted by Crippen LogP contribution is 2.30. The number of ether oxygens (including phenoxy) is 1. The number of carbonyl (C=O) groups is 2. The molecule has 1 aliphatic rings. The van der Waals surface area contributed by atoms with Crippen LogP contribution >= 0.6 is 15.9 Å². The number of benzene rings is 1. The van der Waals surface area contributed by atoms with E-state index in [0.717, 1.165) is 4.47 Å². The molecule has 0 fully saturated rings. The number of carbonyl (C=O) groups excluding carboxylic acids is 2. The number of rotatable bonds is 2. The third kappa shape index (κ3) is 1.86. The highest BCUT2D eigenvalue weighted by atomic mass is 79.9. The van der Waals surface area contributed by atoms with Gasteiger partial charge in [0, 0.05) is 16.1 Å². The lowest BCUT2D eigenvalue weighted by molar-refractivity contribution is -0.123. The number of hydrogen-bond acceptors (Lipinski definition) is 3. The van der Waals surface area contributed by atoms with Crippen molar-refractivity contribution in [3.63, 3.8) is 0 Å². The van der Waals surface area contributed by atoms with Crippen LogP contribution in [0.2, 0.25) is 0 Å². The Morgan fingerprint density at radius 3 is 2.62 bits per heavy atom. The SMILES string of the molecule is COc1ccc(Br)cc1C1=CC(=O)NC1=O. The molecular weight excluding hydrogens is 274 g/mol. The quantitative estimate of drug-likeness (QED) is 0.836. The van der Waals surface area contributed by atoms with E-state index in [4.69, 9.17) is 4.74 Å². The van der Waals surface area contributed by atoms with Crippen LogP contribution in [-0.4, -0.2) is 18.9 Å². The summed E-state index contributed by atoms with van der Waals surface area (Å²) in [5, 5.41) is 2.19. The number of halogens is 1. The lowest BCUT2D eigenvalue weighted by Gasteiger charge is -2.08. The second-order valence-corrected chi connectivity index (χ2v) is 4.14. The van der Waals surface area contributed by atoms with Crippen molar-refractivity contribution in [3.8, 4) is 5.75 Å². The van der Waals surface area contributed by atoms with Crippen LogP contribution in [0.4, 0.5) is 0 Å². The maximum Gasteiger partial charge on any atom is 0.259 e. The number of hydrogen-bond donors (Lipinski definition) is 1. The molecule has 16 heavy (non-hydrogen) atoms.